The van der Waals surface area contributed by atoms with Gasteiger partial charge in [-0.05, 0) is 38.1 Å². The summed E-state index contributed by atoms with van der Waals surface area (Å²) in [5, 5.41) is 9.57. The van der Waals surface area contributed by atoms with Crippen LogP contribution in [0.1, 0.15) is 16.8 Å². The molecule has 1 aromatic heterocycles. The maximum Gasteiger partial charge on any atom is 0.339 e. The maximum atomic E-state index is 11.7. The highest BCUT2D eigenvalue weighted by atomic mass is 16.4. The number of likely N-dealkylation sites (N-methyl/N-ethyl adjacent to an activating group) is 1. The van der Waals surface area contributed by atoms with Crippen LogP contribution in [-0.2, 0) is 0 Å². The lowest BCUT2D eigenvalue weighted by Gasteiger charge is -2.23. The van der Waals surface area contributed by atoms with Gasteiger partial charge in [0.1, 0.15) is 11.4 Å². The number of anilines is 1. The third-order valence-corrected chi connectivity index (χ3v) is 5.30. The minimum absolute atomic E-state index is 0.289. The first-order chi connectivity index (χ1) is 11.6. The van der Waals surface area contributed by atoms with Crippen molar-refractivity contribution in [3.05, 3.63) is 48.0 Å². The monoisotopic (exact) mass is 323 g/mol. The summed E-state index contributed by atoms with van der Waals surface area (Å²) < 4.78 is 0. The third kappa shape index (κ3) is 2.55. The van der Waals surface area contributed by atoms with E-state index in [0.717, 1.165) is 30.9 Å². The Morgan fingerprint density at radius 1 is 1.17 bits per heavy atom. The molecule has 0 saturated carbocycles. The number of hydrogen-bond donors (Lipinski definition) is 1. The Balaban J connectivity index is 1.72. The molecule has 2 aliphatic rings. The number of fused-ring (bicyclic) bond motifs is 1. The van der Waals surface area contributed by atoms with Crippen LogP contribution in [0.5, 0.6) is 0 Å². The van der Waals surface area contributed by atoms with E-state index >= 15 is 0 Å². The zero-order valence-corrected chi connectivity index (χ0v) is 13.7. The molecule has 2 aromatic rings. The average molecular weight is 323 g/mol. The van der Waals surface area contributed by atoms with Crippen molar-refractivity contribution in [3.8, 4) is 11.3 Å². The number of pyridine rings is 1. The van der Waals surface area contributed by atoms with Gasteiger partial charge in [-0.2, -0.15) is 0 Å². The number of carbonyl (C=O) groups is 1. The number of aromatic nitrogens is 1. The predicted octanol–water partition coefficient (Wildman–Crippen LogP) is 2.59. The lowest BCUT2D eigenvalue weighted by molar-refractivity contribution is 0.0697. The van der Waals surface area contributed by atoms with E-state index in [2.05, 4.69) is 16.8 Å². The molecule has 2 aliphatic heterocycles. The third-order valence-electron chi connectivity index (χ3n) is 5.30. The number of benzene rings is 1. The fourth-order valence-electron chi connectivity index (χ4n) is 3.97. The summed E-state index contributed by atoms with van der Waals surface area (Å²) in [5.41, 5.74) is 2.12. The van der Waals surface area contributed by atoms with Crippen LogP contribution in [0.15, 0.2) is 42.5 Å². The Morgan fingerprint density at radius 2 is 1.96 bits per heavy atom. The zero-order valence-electron chi connectivity index (χ0n) is 13.7. The summed E-state index contributed by atoms with van der Waals surface area (Å²) in [4.78, 5) is 20.9. The molecule has 0 radical (unpaired) electrons. The summed E-state index contributed by atoms with van der Waals surface area (Å²) in [6.07, 6.45) is 1.18. The van der Waals surface area contributed by atoms with E-state index in [-0.39, 0.29) is 5.56 Å². The van der Waals surface area contributed by atoms with Crippen molar-refractivity contribution in [2.45, 2.75) is 12.5 Å². The molecular weight excluding hydrogens is 302 g/mol. The molecule has 0 bridgehead atoms. The minimum Gasteiger partial charge on any atom is -0.478 e. The van der Waals surface area contributed by atoms with Crippen molar-refractivity contribution in [2.75, 3.05) is 31.6 Å². The van der Waals surface area contributed by atoms with Crippen LogP contribution in [0.25, 0.3) is 11.3 Å². The van der Waals surface area contributed by atoms with Crippen LogP contribution in [-0.4, -0.2) is 53.7 Å². The molecule has 5 heteroatoms. The van der Waals surface area contributed by atoms with E-state index in [4.69, 9.17) is 4.98 Å². The smallest absolute Gasteiger partial charge is 0.339 e. The molecule has 0 amide bonds. The van der Waals surface area contributed by atoms with Crippen LogP contribution in [0.2, 0.25) is 0 Å². The van der Waals surface area contributed by atoms with Crippen LogP contribution >= 0.6 is 0 Å². The Bertz CT molecular complexity index is 762. The van der Waals surface area contributed by atoms with E-state index in [9.17, 15) is 9.90 Å². The molecule has 124 valence electrons. The van der Waals surface area contributed by atoms with E-state index in [1.165, 1.54) is 6.42 Å². The highest BCUT2D eigenvalue weighted by Gasteiger charge is 2.40. The standard InChI is InChI=1S/C19H21N3O2/c1-21-10-9-14-11-22(12-17(14)21)18-15(19(23)24)7-8-16(20-18)13-5-3-2-4-6-13/h2-8,14,17H,9-12H2,1H3,(H,23,24)/t14-,17+/m0/s1. The van der Waals surface area contributed by atoms with Crippen LogP contribution in [0.4, 0.5) is 5.82 Å². The molecule has 0 aliphatic carbocycles. The molecule has 0 spiro atoms. The van der Waals surface area contributed by atoms with Crippen molar-refractivity contribution < 1.29 is 9.90 Å². The van der Waals surface area contributed by atoms with E-state index < -0.39 is 5.97 Å². The topological polar surface area (TPSA) is 56.7 Å². The van der Waals surface area contributed by atoms with Crippen LogP contribution in [0, 0.1) is 5.92 Å². The second kappa shape index (κ2) is 5.91. The SMILES string of the molecule is CN1CC[C@H]2CN(c3nc(-c4ccccc4)ccc3C(=O)O)C[C@H]21. The van der Waals surface area contributed by atoms with Gasteiger partial charge in [0.25, 0.3) is 0 Å². The molecule has 2 atom stereocenters. The first kappa shape index (κ1) is 15.1. The fraction of sp³-hybridized carbons (Fsp3) is 0.368. The van der Waals surface area contributed by atoms with Gasteiger partial charge in [-0.3, -0.25) is 0 Å². The Hall–Kier alpha value is -2.40. The lowest BCUT2D eigenvalue weighted by atomic mass is 10.1. The number of carboxylic acid groups (broad SMARTS) is 1. The lowest BCUT2D eigenvalue weighted by Crippen LogP contribution is -2.33. The molecule has 0 unspecified atom stereocenters. The van der Waals surface area contributed by atoms with Gasteiger partial charge >= 0.3 is 5.97 Å². The summed E-state index contributed by atoms with van der Waals surface area (Å²) in [5.74, 6) is 0.299. The Kier molecular flexibility index (Phi) is 3.73. The molecule has 2 fully saturated rings. The van der Waals surface area contributed by atoms with Crippen molar-refractivity contribution in [2.24, 2.45) is 5.92 Å². The molecule has 5 nitrogen and oxygen atoms in total. The first-order valence-electron chi connectivity index (χ1n) is 8.38. The molecule has 2 saturated heterocycles. The second-order valence-electron chi connectivity index (χ2n) is 6.74. The molecular formula is C19H21N3O2. The minimum atomic E-state index is -0.914. The molecule has 3 heterocycles. The highest BCUT2D eigenvalue weighted by Crippen LogP contribution is 2.34. The molecule has 1 aromatic carbocycles. The normalized spacial score (nSPS) is 23.5. The number of rotatable bonds is 3. The van der Waals surface area contributed by atoms with E-state index in [1.807, 2.05) is 30.3 Å². The summed E-state index contributed by atoms with van der Waals surface area (Å²) in [6, 6.07) is 13.9. The van der Waals surface area contributed by atoms with Gasteiger partial charge in [-0.25, -0.2) is 9.78 Å². The van der Waals surface area contributed by atoms with Crippen LogP contribution < -0.4 is 4.90 Å². The van der Waals surface area contributed by atoms with E-state index in [0.29, 0.717) is 17.8 Å². The van der Waals surface area contributed by atoms with Gasteiger partial charge in [0.2, 0.25) is 0 Å². The number of aromatic carboxylic acids is 1. The molecule has 24 heavy (non-hydrogen) atoms. The van der Waals surface area contributed by atoms with E-state index in [1.54, 1.807) is 12.1 Å². The Morgan fingerprint density at radius 3 is 2.67 bits per heavy atom. The van der Waals surface area contributed by atoms with Crippen molar-refractivity contribution in [1.82, 2.24) is 9.88 Å². The van der Waals surface area contributed by atoms with Crippen LogP contribution in [0.3, 0.4) is 0 Å². The number of carboxylic acids is 1. The van der Waals surface area contributed by atoms with Crippen molar-refractivity contribution >= 4 is 11.8 Å². The van der Waals surface area contributed by atoms with Gasteiger partial charge < -0.3 is 14.9 Å². The molecule has 4 rings (SSSR count). The highest BCUT2D eigenvalue weighted by molar-refractivity contribution is 5.94. The number of likely N-dealkylation sites (tertiary alicyclic amines) is 1. The van der Waals surface area contributed by atoms with Gasteiger partial charge in [0.05, 0.1) is 5.69 Å². The number of nitrogens with zero attached hydrogens (tertiary/aromatic N) is 3. The summed E-state index contributed by atoms with van der Waals surface area (Å²) in [7, 11) is 2.15. The van der Waals surface area contributed by atoms with Gasteiger partial charge in [-0.1, -0.05) is 30.3 Å². The average Bonchev–Trinajstić information content (AvgIpc) is 3.17. The maximum absolute atomic E-state index is 11.7. The van der Waals surface area contributed by atoms with Gasteiger partial charge in [-0.15, -0.1) is 0 Å². The first-order valence-corrected chi connectivity index (χ1v) is 8.38. The quantitative estimate of drug-likeness (QED) is 0.941. The largest absolute Gasteiger partial charge is 0.478 e. The van der Waals surface area contributed by atoms with Crippen molar-refractivity contribution in [1.29, 1.82) is 0 Å². The fourth-order valence-corrected chi connectivity index (χ4v) is 3.97. The second-order valence-corrected chi connectivity index (χ2v) is 6.74. The Labute approximate surface area is 141 Å². The van der Waals surface area contributed by atoms with Crippen molar-refractivity contribution in [3.63, 3.8) is 0 Å². The molecule has 1 N–H and O–H groups in total. The van der Waals surface area contributed by atoms with Gasteiger partial charge in [0, 0.05) is 24.7 Å². The summed E-state index contributed by atoms with van der Waals surface area (Å²) >= 11 is 0. The summed E-state index contributed by atoms with van der Waals surface area (Å²) in [6.45, 7) is 2.87. The predicted molar refractivity (Wildman–Crippen MR) is 93.4 cm³/mol. The number of hydrogen-bond acceptors (Lipinski definition) is 4. The zero-order chi connectivity index (χ0) is 16.7. The van der Waals surface area contributed by atoms with Gasteiger partial charge in [0.15, 0.2) is 0 Å².